The fourth-order valence-corrected chi connectivity index (χ4v) is 1.55. The van der Waals surface area contributed by atoms with Crippen molar-refractivity contribution in [2.75, 3.05) is 13.7 Å². The minimum atomic E-state index is -0.403. The van der Waals surface area contributed by atoms with Crippen molar-refractivity contribution in [1.29, 1.82) is 0 Å². The van der Waals surface area contributed by atoms with Gasteiger partial charge in [-0.2, -0.15) is 0 Å². The second-order valence-electron chi connectivity index (χ2n) is 2.55. The van der Waals surface area contributed by atoms with Crippen molar-refractivity contribution >= 4 is 15.9 Å². The molecule has 0 radical (unpaired) electrons. The smallest absolute Gasteiger partial charge is 0.168 e. The number of aliphatic hydroxyl groups is 1. The summed E-state index contributed by atoms with van der Waals surface area (Å²) in [6.45, 7) is -0.0729. The molecule has 2 nitrogen and oxygen atoms in total. The summed E-state index contributed by atoms with van der Waals surface area (Å²) >= 11 is 3.23. The fraction of sp³-hybridized carbons (Fsp3) is 0.333. The summed E-state index contributed by atoms with van der Waals surface area (Å²) in [5.41, 5.74) is 0.453. The number of halogens is 2. The molecule has 0 saturated carbocycles. The van der Waals surface area contributed by atoms with E-state index in [1.807, 2.05) is 0 Å². The van der Waals surface area contributed by atoms with E-state index in [4.69, 9.17) is 9.84 Å². The van der Waals surface area contributed by atoms with Gasteiger partial charge >= 0.3 is 0 Å². The summed E-state index contributed by atoms with van der Waals surface area (Å²) in [4.78, 5) is 0. The number of rotatable bonds is 3. The van der Waals surface area contributed by atoms with Gasteiger partial charge in [0.05, 0.1) is 7.11 Å². The van der Waals surface area contributed by atoms with E-state index in [1.54, 1.807) is 12.1 Å². The van der Waals surface area contributed by atoms with E-state index >= 15 is 0 Å². The molecule has 0 fully saturated rings. The molecule has 0 atom stereocenters. The van der Waals surface area contributed by atoms with Crippen LogP contribution in [0.1, 0.15) is 5.56 Å². The average molecular weight is 249 g/mol. The highest BCUT2D eigenvalue weighted by molar-refractivity contribution is 9.10. The zero-order valence-electron chi connectivity index (χ0n) is 7.18. The summed E-state index contributed by atoms with van der Waals surface area (Å²) in [7, 11) is 1.41. The molecule has 0 amide bonds. The average Bonchev–Trinajstić information content (AvgIpc) is 2.11. The first-order chi connectivity index (χ1) is 6.19. The molecule has 1 N–H and O–H groups in total. The highest BCUT2D eigenvalue weighted by Gasteiger charge is 2.09. The predicted molar refractivity (Wildman–Crippen MR) is 51.4 cm³/mol. The van der Waals surface area contributed by atoms with Crippen LogP contribution in [-0.4, -0.2) is 18.8 Å². The van der Waals surface area contributed by atoms with Crippen molar-refractivity contribution < 1.29 is 14.2 Å². The van der Waals surface area contributed by atoms with Gasteiger partial charge in [0.25, 0.3) is 0 Å². The van der Waals surface area contributed by atoms with Crippen molar-refractivity contribution in [1.82, 2.24) is 0 Å². The van der Waals surface area contributed by atoms with E-state index in [9.17, 15) is 4.39 Å². The molecule has 0 saturated heterocycles. The summed E-state index contributed by atoms with van der Waals surface area (Å²) < 4.78 is 19.0. The Morgan fingerprint density at radius 1 is 1.54 bits per heavy atom. The second kappa shape index (κ2) is 4.58. The maximum atomic E-state index is 13.4. The van der Waals surface area contributed by atoms with E-state index in [1.165, 1.54) is 7.11 Å². The van der Waals surface area contributed by atoms with Gasteiger partial charge in [-0.1, -0.05) is 15.9 Å². The van der Waals surface area contributed by atoms with E-state index in [-0.39, 0.29) is 12.4 Å². The largest absolute Gasteiger partial charge is 0.494 e. The number of benzene rings is 1. The SMILES string of the molecule is COc1cc(Br)cc(CCO)c1F. The third kappa shape index (κ3) is 2.42. The molecule has 13 heavy (non-hydrogen) atoms. The van der Waals surface area contributed by atoms with Crippen LogP contribution in [0.5, 0.6) is 5.75 Å². The molecular formula is C9H10BrFO2. The monoisotopic (exact) mass is 248 g/mol. The number of methoxy groups -OCH3 is 1. The van der Waals surface area contributed by atoms with Crippen LogP contribution in [0, 0.1) is 5.82 Å². The van der Waals surface area contributed by atoms with E-state index < -0.39 is 5.82 Å². The quantitative estimate of drug-likeness (QED) is 0.889. The van der Waals surface area contributed by atoms with Gasteiger partial charge in [-0.15, -0.1) is 0 Å². The standard InChI is InChI=1S/C9H10BrFO2/c1-13-8-5-7(10)4-6(2-3-12)9(8)11/h4-5,12H,2-3H2,1H3. The Morgan fingerprint density at radius 2 is 2.23 bits per heavy atom. The second-order valence-corrected chi connectivity index (χ2v) is 3.47. The fourth-order valence-electron chi connectivity index (χ4n) is 1.07. The lowest BCUT2D eigenvalue weighted by molar-refractivity contribution is 0.296. The number of hydrogen-bond acceptors (Lipinski definition) is 2. The van der Waals surface area contributed by atoms with Crippen LogP contribution in [0.2, 0.25) is 0 Å². The molecule has 1 aromatic rings. The molecule has 0 aliphatic heterocycles. The lowest BCUT2D eigenvalue weighted by atomic mass is 10.1. The molecule has 1 aromatic carbocycles. The minimum Gasteiger partial charge on any atom is -0.494 e. The summed E-state index contributed by atoms with van der Waals surface area (Å²) in [5, 5.41) is 8.68. The van der Waals surface area contributed by atoms with E-state index in [0.29, 0.717) is 12.0 Å². The van der Waals surface area contributed by atoms with Gasteiger partial charge in [-0.05, 0) is 24.1 Å². The van der Waals surface area contributed by atoms with Gasteiger partial charge in [-0.25, -0.2) is 4.39 Å². The highest BCUT2D eigenvalue weighted by atomic mass is 79.9. The maximum absolute atomic E-state index is 13.4. The van der Waals surface area contributed by atoms with Crippen LogP contribution in [-0.2, 0) is 6.42 Å². The van der Waals surface area contributed by atoms with Crippen molar-refractivity contribution in [2.45, 2.75) is 6.42 Å². The lowest BCUT2D eigenvalue weighted by Crippen LogP contribution is -1.98. The van der Waals surface area contributed by atoms with E-state index in [2.05, 4.69) is 15.9 Å². The molecule has 0 heterocycles. The third-order valence-corrected chi connectivity index (χ3v) is 2.14. The van der Waals surface area contributed by atoms with Crippen molar-refractivity contribution in [3.05, 3.63) is 28.0 Å². The summed E-state index contributed by atoms with van der Waals surface area (Å²) in [6.07, 6.45) is 0.293. The van der Waals surface area contributed by atoms with Gasteiger partial charge in [-0.3, -0.25) is 0 Å². The van der Waals surface area contributed by atoms with Gasteiger partial charge in [0.15, 0.2) is 11.6 Å². The molecule has 72 valence electrons. The van der Waals surface area contributed by atoms with Crippen LogP contribution in [0.4, 0.5) is 4.39 Å². The molecule has 1 rings (SSSR count). The molecule has 0 aromatic heterocycles. The number of hydrogen-bond donors (Lipinski definition) is 1. The van der Waals surface area contributed by atoms with Crippen LogP contribution >= 0.6 is 15.9 Å². The van der Waals surface area contributed by atoms with Crippen LogP contribution in [0.3, 0.4) is 0 Å². The molecule has 0 spiro atoms. The number of aliphatic hydroxyl groups excluding tert-OH is 1. The molecule has 0 aliphatic rings. The van der Waals surface area contributed by atoms with Crippen LogP contribution < -0.4 is 4.74 Å². The van der Waals surface area contributed by atoms with E-state index in [0.717, 1.165) is 4.47 Å². The maximum Gasteiger partial charge on any atom is 0.168 e. The lowest BCUT2D eigenvalue weighted by Gasteiger charge is -2.07. The Kier molecular flexibility index (Phi) is 3.69. The van der Waals surface area contributed by atoms with Crippen LogP contribution in [0.25, 0.3) is 0 Å². The first-order valence-corrected chi connectivity index (χ1v) is 4.61. The van der Waals surface area contributed by atoms with Gasteiger partial charge < -0.3 is 9.84 Å². The number of ether oxygens (including phenoxy) is 1. The molecule has 0 aliphatic carbocycles. The van der Waals surface area contributed by atoms with Gasteiger partial charge in [0, 0.05) is 11.1 Å². The zero-order valence-corrected chi connectivity index (χ0v) is 8.77. The summed E-state index contributed by atoms with van der Waals surface area (Å²) in [6, 6.07) is 3.18. The Morgan fingerprint density at radius 3 is 2.77 bits per heavy atom. The Hall–Kier alpha value is -0.610. The van der Waals surface area contributed by atoms with Crippen molar-refractivity contribution in [3.8, 4) is 5.75 Å². The van der Waals surface area contributed by atoms with Crippen molar-refractivity contribution in [3.63, 3.8) is 0 Å². The Balaban J connectivity index is 3.11. The predicted octanol–water partition coefficient (Wildman–Crippen LogP) is 2.13. The topological polar surface area (TPSA) is 29.5 Å². The highest BCUT2D eigenvalue weighted by Crippen LogP contribution is 2.26. The van der Waals surface area contributed by atoms with Crippen LogP contribution in [0.15, 0.2) is 16.6 Å². The Labute approximate surface area is 84.5 Å². The first-order valence-electron chi connectivity index (χ1n) is 3.81. The minimum absolute atomic E-state index is 0.0729. The normalized spacial score (nSPS) is 10.2. The molecule has 0 bridgehead atoms. The molecule has 0 unspecified atom stereocenters. The Bertz CT molecular complexity index is 302. The first kappa shape index (κ1) is 10.5. The zero-order chi connectivity index (χ0) is 9.84. The molecular weight excluding hydrogens is 239 g/mol. The van der Waals surface area contributed by atoms with Crippen molar-refractivity contribution in [2.24, 2.45) is 0 Å². The molecule has 4 heteroatoms. The van der Waals surface area contributed by atoms with Gasteiger partial charge in [0.1, 0.15) is 0 Å². The summed E-state index contributed by atoms with van der Waals surface area (Å²) in [5.74, 6) is -0.211. The van der Waals surface area contributed by atoms with Gasteiger partial charge in [0.2, 0.25) is 0 Å². The third-order valence-electron chi connectivity index (χ3n) is 1.68.